The minimum atomic E-state index is 0.139. The maximum atomic E-state index is 12.4. The average Bonchev–Trinajstić information content (AvgIpc) is 2.32. The highest BCUT2D eigenvalue weighted by molar-refractivity contribution is 5.95. The first-order valence-electron chi connectivity index (χ1n) is 6.26. The SMILES string of the molecule is Cc1cc(C(=O)N2CCCCC2C)ccc1N. The number of nitrogen functional groups attached to an aromatic ring is 1. The maximum absolute atomic E-state index is 12.4. The molecule has 0 spiro atoms. The Balaban J connectivity index is 2.21. The number of aryl methyl sites for hydroxylation is 1. The Hall–Kier alpha value is -1.51. The minimum Gasteiger partial charge on any atom is -0.399 e. The molecule has 3 heteroatoms. The molecule has 1 heterocycles. The van der Waals surface area contributed by atoms with Gasteiger partial charge in [0.1, 0.15) is 0 Å². The van der Waals surface area contributed by atoms with E-state index in [1.54, 1.807) is 0 Å². The van der Waals surface area contributed by atoms with Crippen LogP contribution in [0.1, 0.15) is 42.1 Å². The van der Waals surface area contributed by atoms with E-state index in [0.717, 1.165) is 36.2 Å². The molecule has 1 aromatic rings. The molecule has 1 amide bonds. The van der Waals surface area contributed by atoms with Crippen molar-refractivity contribution < 1.29 is 4.79 Å². The lowest BCUT2D eigenvalue weighted by molar-refractivity contribution is 0.0635. The van der Waals surface area contributed by atoms with E-state index in [1.165, 1.54) is 6.42 Å². The summed E-state index contributed by atoms with van der Waals surface area (Å²) in [4.78, 5) is 14.3. The van der Waals surface area contributed by atoms with E-state index >= 15 is 0 Å². The number of carbonyl (C=O) groups is 1. The van der Waals surface area contributed by atoms with Crippen molar-refractivity contribution in [3.63, 3.8) is 0 Å². The first-order chi connectivity index (χ1) is 8.09. The second kappa shape index (κ2) is 4.78. The Labute approximate surface area is 103 Å². The third-order valence-corrected chi connectivity index (χ3v) is 3.58. The molecule has 1 atom stereocenters. The highest BCUT2D eigenvalue weighted by atomic mass is 16.2. The lowest BCUT2D eigenvalue weighted by Crippen LogP contribution is -2.42. The van der Waals surface area contributed by atoms with Crippen molar-refractivity contribution in [3.8, 4) is 0 Å². The smallest absolute Gasteiger partial charge is 0.254 e. The summed E-state index contributed by atoms with van der Waals surface area (Å²) in [6.07, 6.45) is 3.45. The van der Waals surface area contributed by atoms with E-state index in [1.807, 2.05) is 30.0 Å². The number of hydrogen-bond donors (Lipinski definition) is 1. The van der Waals surface area contributed by atoms with E-state index < -0.39 is 0 Å². The van der Waals surface area contributed by atoms with Crippen molar-refractivity contribution in [2.24, 2.45) is 0 Å². The molecule has 0 aliphatic carbocycles. The van der Waals surface area contributed by atoms with Gasteiger partial charge in [0.15, 0.2) is 0 Å². The number of nitrogens with two attached hydrogens (primary N) is 1. The first-order valence-corrected chi connectivity index (χ1v) is 6.26. The number of rotatable bonds is 1. The molecule has 2 rings (SSSR count). The molecule has 1 saturated heterocycles. The maximum Gasteiger partial charge on any atom is 0.254 e. The van der Waals surface area contributed by atoms with E-state index in [2.05, 4.69) is 6.92 Å². The molecular weight excluding hydrogens is 212 g/mol. The molecule has 1 aliphatic heterocycles. The summed E-state index contributed by atoms with van der Waals surface area (Å²) in [6, 6.07) is 5.89. The third-order valence-electron chi connectivity index (χ3n) is 3.58. The molecule has 17 heavy (non-hydrogen) atoms. The molecule has 0 aromatic heterocycles. The molecule has 3 nitrogen and oxygen atoms in total. The zero-order chi connectivity index (χ0) is 12.4. The summed E-state index contributed by atoms with van der Waals surface area (Å²) in [6.45, 7) is 4.94. The fourth-order valence-corrected chi connectivity index (χ4v) is 2.37. The van der Waals surface area contributed by atoms with Gasteiger partial charge in [-0.1, -0.05) is 0 Å². The quantitative estimate of drug-likeness (QED) is 0.756. The van der Waals surface area contributed by atoms with Crippen LogP contribution in [0.5, 0.6) is 0 Å². The van der Waals surface area contributed by atoms with Crippen LogP contribution >= 0.6 is 0 Å². The Bertz CT molecular complexity index is 428. The van der Waals surface area contributed by atoms with Crippen LogP contribution in [-0.2, 0) is 0 Å². The molecule has 0 saturated carbocycles. The molecule has 1 aromatic carbocycles. The van der Waals surface area contributed by atoms with E-state index in [9.17, 15) is 4.79 Å². The predicted molar refractivity (Wildman–Crippen MR) is 69.9 cm³/mol. The Morgan fingerprint density at radius 2 is 2.18 bits per heavy atom. The highest BCUT2D eigenvalue weighted by Crippen LogP contribution is 2.20. The van der Waals surface area contributed by atoms with Gasteiger partial charge in [0, 0.05) is 23.8 Å². The molecule has 1 aliphatic rings. The molecular formula is C14H20N2O. The van der Waals surface area contributed by atoms with Gasteiger partial charge < -0.3 is 10.6 Å². The summed E-state index contributed by atoms with van der Waals surface area (Å²) < 4.78 is 0. The zero-order valence-corrected chi connectivity index (χ0v) is 10.6. The summed E-state index contributed by atoms with van der Waals surface area (Å²) >= 11 is 0. The van der Waals surface area contributed by atoms with E-state index in [4.69, 9.17) is 5.73 Å². The summed E-state index contributed by atoms with van der Waals surface area (Å²) in [7, 11) is 0. The number of amides is 1. The van der Waals surface area contributed by atoms with Gasteiger partial charge in [0.05, 0.1) is 0 Å². The summed E-state index contributed by atoms with van der Waals surface area (Å²) in [5.74, 6) is 0.139. The average molecular weight is 232 g/mol. The number of likely N-dealkylation sites (tertiary alicyclic amines) is 1. The molecule has 1 unspecified atom stereocenters. The van der Waals surface area contributed by atoms with Crippen molar-refractivity contribution in [1.82, 2.24) is 4.90 Å². The van der Waals surface area contributed by atoms with Crippen LogP contribution in [0.3, 0.4) is 0 Å². The second-order valence-corrected chi connectivity index (χ2v) is 4.91. The largest absolute Gasteiger partial charge is 0.399 e. The number of anilines is 1. The van der Waals surface area contributed by atoms with Crippen molar-refractivity contribution in [2.45, 2.75) is 39.2 Å². The van der Waals surface area contributed by atoms with Crippen LogP contribution in [0.2, 0.25) is 0 Å². The third kappa shape index (κ3) is 2.43. The number of hydrogen-bond acceptors (Lipinski definition) is 2. The first kappa shape index (κ1) is 12.0. The number of piperidine rings is 1. The highest BCUT2D eigenvalue weighted by Gasteiger charge is 2.24. The van der Waals surface area contributed by atoms with Crippen molar-refractivity contribution in [1.29, 1.82) is 0 Å². The number of carbonyl (C=O) groups excluding carboxylic acids is 1. The van der Waals surface area contributed by atoms with Crippen molar-refractivity contribution >= 4 is 11.6 Å². The lowest BCUT2D eigenvalue weighted by Gasteiger charge is -2.33. The molecule has 0 radical (unpaired) electrons. The van der Waals surface area contributed by atoms with Crippen molar-refractivity contribution in [3.05, 3.63) is 29.3 Å². The predicted octanol–water partition coefficient (Wildman–Crippen LogP) is 2.59. The monoisotopic (exact) mass is 232 g/mol. The Kier molecular flexibility index (Phi) is 3.36. The topological polar surface area (TPSA) is 46.3 Å². The Morgan fingerprint density at radius 3 is 2.82 bits per heavy atom. The standard InChI is InChI=1S/C14H20N2O/c1-10-9-12(6-7-13(10)15)14(17)16-8-4-3-5-11(16)2/h6-7,9,11H,3-5,8,15H2,1-2H3. The fourth-order valence-electron chi connectivity index (χ4n) is 2.37. The summed E-state index contributed by atoms with van der Waals surface area (Å²) in [5, 5.41) is 0. The van der Waals surface area contributed by atoms with Crippen LogP contribution in [0.15, 0.2) is 18.2 Å². The fraction of sp³-hybridized carbons (Fsp3) is 0.500. The minimum absolute atomic E-state index is 0.139. The molecule has 2 N–H and O–H groups in total. The van der Waals surface area contributed by atoms with Gasteiger partial charge in [-0.15, -0.1) is 0 Å². The van der Waals surface area contributed by atoms with Gasteiger partial charge in [0.2, 0.25) is 0 Å². The van der Waals surface area contributed by atoms with Gasteiger partial charge in [-0.2, -0.15) is 0 Å². The van der Waals surface area contributed by atoms with Crippen molar-refractivity contribution in [2.75, 3.05) is 12.3 Å². The molecule has 0 bridgehead atoms. The van der Waals surface area contributed by atoms with Gasteiger partial charge in [-0.3, -0.25) is 4.79 Å². The normalized spacial score (nSPS) is 20.4. The van der Waals surface area contributed by atoms with Crippen LogP contribution in [-0.4, -0.2) is 23.4 Å². The van der Waals surface area contributed by atoms with Crippen LogP contribution in [0, 0.1) is 6.92 Å². The molecule has 92 valence electrons. The zero-order valence-electron chi connectivity index (χ0n) is 10.6. The lowest BCUT2D eigenvalue weighted by atomic mass is 10.0. The number of nitrogens with zero attached hydrogens (tertiary/aromatic N) is 1. The molecule has 1 fully saturated rings. The second-order valence-electron chi connectivity index (χ2n) is 4.91. The van der Waals surface area contributed by atoms with E-state index in [-0.39, 0.29) is 5.91 Å². The van der Waals surface area contributed by atoms with Gasteiger partial charge in [0.25, 0.3) is 5.91 Å². The van der Waals surface area contributed by atoms with Crippen LogP contribution in [0.25, 0.3) is 0 Å². The van der Waals surface area contributed by atoms with Gasteiger partial charge in [-0.05, 0) is 56.9 Å². The Morgan fingerprint density at radius 1 is 1.41 bits per heavy atom. The van der Waals surface area contributed by atoms with Gasteiger partial charge in [-0.25, -0.2) is 0 Å². The van der Waals surface area contributed by atoms with Gasteiger partial charge >= 0.3 is 0 Å². The van der Waals surface area contributed by atoms with Crippen LogP contribution in [0.4, 0.5) is 5.69 Å². The van der Waals surface area contributed by atoms with E-state index in [0.29, 0.717) is 6.04 Å². The number of benzene rings is 1. The van der Waals surface area contributed by atoms with Crippen LogP contribution < -0.4 is 5.73 Å². The summed E-state index contributed by atoms with van der Waals surface area (Å²) in [5.41, 5.74) is 8.24.